The number of aryl methyl sites for hydroxylation is 2. The van der Waals surface area contributed by atoms with Gasteiger partial charge < -0.3 is 10.2 Å². The Morgan fingerprint density at radius 2 is 1.92 bits per heavy atom. The number of carbonyl (C=O) groups is 1. The summed E-state index contributed by atoms with van der Waals surface area (Å²) >= 11 is 0. The number of likely N-dealkylation sites (N-methyl/N-ethyl adjacent to an activating group) is 1. The third-order valence-corrected chi connectivity index (χ3v) is 4.97. The van der Waals surface area contributed by atoms with E-state index in [9.17, 15) is 4.79 Å². The molecular formula is C20H26N4O. The molecule has 0 atom stereocenters. The van der Waals surface area contributed by atoms with Gasteiger partial charge in [-0.15, -0.1) is 0 Å². The first-order chi connectivity index (χ1) is 12.1. The lowest BCUT2D eigenvalue weighted by atomic mass is 10.1. The molecule has 0 radical (unpaired) electrons. The molecule has 1 saturated heterocycles. The van der Waals surface area contributed by atoms with E-state index in [1.54, 1.807) is 0 Å². The van der Waals surface area contributed by atoms with Crippen LogP contribution in [0.2, 0.25) is 0 Å². The number of nitrogens with one attached hydrogen (secondary N) is 1. The lowest BCUT2D eigenvalue weighted by molar-refractivity contribution is 0.0600. The number of rotatable bonds is 5. The van der Waals surface area contributed by atoms with Crippen molar-refractivity contribution in [2.24, 2.45) is 0 Å². The maximum atomic E-state index is 12.4. The first kappa shape index (κ1) is 17.4. The van der Waals surface area contributed by atoms with Gasteiger partial charge in [-0.2, -0.15) is 0 Å². The smallest absolute Gasteiger partial charge is 0.321 e. The number of amides is 2. The summed E-state index contributed by atoms with van der Waals surface area (Å²) in [4.78, 5) is 20.7. The van der Waals surface area contributed by atoms with Gasteiger partial charge in [-0.05, 0) is 61.3 Å². The summed E-state index contributed by atoms with van der Waals surface area (Å²) in [6, 6.07) is 10.5. The van der Waals surface area contributed by atoms with E-state index < -0.39 is 0 Å². The highest BCUT2D eigenvalue weighted by molar-refractivity contribution is 5.90. The third-order valence-electron chi connectivity index (χ3n) is 4.97. The Balaban J connectivity index is 1.52. The molecular weight excluding hydrogens is 312 g/mol. The number of hydrogen-bond acceptors (Lipinski definition) is 3. The number of carbonyl (C=O) groups excluding carboxylic acids is 1. The van der Waals surface area contributed by atoms with E-state index in [0.717, 1.165) is 31.9 Å². The molecule has 1 aromatic carbocycles. The summed E-state index contributed by atoms with van der Waals surface area (Å²) in [6.07, 6.45) is 3.65. The molecule has 0 bridgehead atoms. The van der Waals surface area contributed by atoms with Gasteiger partial charge >= 0.3 is 6.03 Å². The number of hydrogen-bond donors (Lipinski definition) is 1. The molecule has 1 fully saturated rings. The van der Waals surface area contributed by atoms with Crippen molar-refractivity contribution in [1.82, 2.24) is 14.8 Å². The fourth-order valence-electron chi connectivity index (χ4n) is 3.10. The predicted molar refractivity (Wildman–Crippen MR) is 101 cm³/mol. The topological polar surface area (TPSA) is 48.5 Å². The van der Waals surface area contributed by atoms with Crippen LogP contribution >= 0.6 is 0 Å². The molecule has 1 aliphatic rings. The van der Waals surface area contributed by atoms with Crippen LogP contribution in [0.4, 0.5) is 10.5 Å². The fraction of sp³-hybridized carbons (Fsp3) is 0.400. The fourth-order valence-corrected chi connectivity index (χ4v) is 3.10. The van der Waals surface area contributed by atoms with Crippen molar-refractivity contribution in [3.8, 4) is 0 Å². The maximum absolute atomic E-state index is 12.4. The standard InChI is InChI=1S/C20H26N4O/c1-4-23(12-17-7-9-21-10-8-17)19-13-24(14-19)20(25)22-18-6-5-15(2)16(3)11-18/h5-11,19H,4,12-14H2,1-3H3,(H,22,25). The van der Waals surface area contributed by atoms with E-state index in [4.69, 9.17) is 0 Å². The number of nitrogens with zero attached hydrogens (tertiary/aromatic N) is 3. The number of anilines is 1. The van der Waals surface area contributed by atoms with Gasteiger partial charge in [0.05, 0.1) is 0 Å². The molecule has 0 spiro atoms. The van der Waals surface area contributed by atoms with Gasteiger partial charge in [-0.1, -0.05) is 13.0 Å². The van der Waals surface area contributed by atoms with Crippen molar-refractivity contribution in [2.75, 3.05) is 25.0 Å². The van der Waals surface area contributed by atoms with Crippen molar-refractivity contribution >= 4 is 11.7 Å². The summed E-state index contributed by atoms with van der Waals surface area (Å²) in [5.74, 6) is 0. The van der Waals surface area contributed by atoms with Gasteiger partial charge in [-0.25, -0.2) is 4.79 Å². The predicted octanol–water partition coefficient (Wildman–Crippen LogP) is 3.44. The lowest BCUT2D eigenvalue weighted by Crippen LogP contribution is -2.61. The molecule has 0 saturated carbocycles. The molecule has 1 aliphatic heterocycles. The first-order valence-corrected chi connectivity index (χ1v) is 8.83. The Labute approximate surface area is 149 Å². The number of likely N-dealkylation sites (tertiary alicyclic amines) is 1. The molecule has 3 rings (SSSR count). The normalized spacial score (nSPS) is 14.5. The second-order valence-corrected chi connectivity index (χ2v) is 6.71. The molecule has 2 heterocycles. The zero-order chi connectivity index (χ0) is 17.8. The Morgan fingerprint density at radius 1 is 1.20 bits per heavy atom. The van der Waals surface area contributed by atoms with Crippen molar-refractivity contribution in [1.29, 1.82) is 0 Å². The SMILES string of the molecule is CCN(Cc1ccncc1)C1CN(C(=O)Nc2ccc(C)c(C)c2)C1. The van der Waals surface area contributed by atoms with E-state index in [-0.39, 0.29) is 6.03 Å². The molecule has 2 amide bonds. The minimum absolute atomic E-state index is 0.0144. The highest BCUT2D eigenvalue weighted by atomic mass is 16.2. The summed E-state index contributed by atoms with van der Waals surface area (Å²) in [7, 11) is 0. The quantitative estimate of drug-likeness (QED) is 0.908. The van der Waals surface area contributed by atoms with Crippen LogP contribution in [0.15, 0.2) is 42.7 Å². The molecule has 0 aliphatic carbocycles. The second-order valence-electron chi connectivity index (χ2n) is 6.71. The van der Waals surface area contributed by atoms with Gasteiger partial charge in [0.25, 0.3) is 0 Å². The van der Waals surface area contributed by atoms with Crippen molar-refractivity contribution in [2.45, 2.75) is 33.4 Å². The van der Waals surface area contributed by atoms with Crippen LogP contribution in [0.3, 0.4) is 0 Å². The van der Waals surface area contributed by atoms with E-state index in [1.807, 2.05) is 47.6 Å². The molecule has 0 unspecified atom stereocenters. The van der Waals surface area contributed by atoms with Crippen LogP contribution in [0.25, 0.3) is 0 Å². The summed E-state index contributed by atoms with van der Waals surface area (Å²) in [5, 5.41) is 3.00. The van der Waals surface area contributed by atoms with E-state index in [1.165, 1.54) is 16.7 Å². The average molecular weight is 338 g/mol. The largest absolute Gasteiger partial charge is 0.321 e. The lowest BCUT2D eigenvalue weighted by Gasteiger charge is -2.45. The molecule has 25 heavy (non-hydrogen) atoms. The van der Waals surface area contributed by atoms with Crippen LogP contribution in [0.1, 0.15) is 23.6 Å². The Morgan fingerprint density at radius 3 is 2.56 bits per heavy atom. The summed E-state index contributed by atoms with van der Waals surface area (Å²) in [5.41, 5.74) is 4.54. The van der Waals surface area contributed by atoms with Crippen molar-refractivity contribution in [3.05, 3.63) is 59.4 Å². The zero-order valence-electron chi connectivity index (χ0n) is 15.2. The van der Waals surface area contributed by atoms with Crippen LogP contribution in [0.5, 0.6) is 0 Å². The summed E-state index contributed by atoms with van der Waals surface area (Å²) in [6.45, 7) is 9.71. The van der Waals surface area contributed by atoms with Crippen LogP contribution < -0.4 is 5.32 Å². The van der Waals surface area contributed by atoms with Crippen molar-refractivity contribution < 1.29 is 4.79 Å². The highest BCUT2D eigenvalue weighted by Crippen LogP contribution is 2.20. The molecule has 5 heteroatoms. The number of pyridine rings is 1. The number of urea groups is 1. The van der Waals surface area contributed by atoms with Gasteiger partial charge in [0.1, 0.15) is 0 Å². The zero-order valence-corrected chi connectivity index (χ0v) is 15.2. The Hall–Kier alpha value is -2.40. The molecule has 1 N–H and O–H groups in total. The van der Waals surface area contributed by atoms with Gasteiger partial charge in [0, 0.05) is 43.8 Å². The number of aromatic nitrogens is 1. The van der Waals surface area contributed by atoms with E-state index in [0.29, 0.717) is 6.04 Å². The molecule has 1 aromatic heterocycles. The average Bonchev–Trinajstić information content (AvgIpc) is 2.57. The molecule has 2 aromatic rings. The Bertz CT molecular complexity index is 726. The maximum Gasteiger partial charge on any atom is 0.321 e. The van der Waals surface area contributed by atoms with Gasteiger partial charge in [0.2, 0.25) is 0 Å². The van der Waals surface area contributed by atoms with E-state index in [2.05, 4.69) is 36.0 Å². The van der Waals surface area contributed by atoms with E-state index >= 15 is 0 Å². The van der Waals surface area contributed by atoms with Gasteiger partial charge in [-0.3, -0.25) is 9.88 Å². The number of benzene rings is 1. The van der Waals surface area contributed by atoms with Crippen LogP contribution in [-0.2, 0) is 6.54 Å². The van der Waals surface area contributed by atoms with Crippen molar-refractivity contribution in [3.63, 3.8) is 0 Å². The minimum Gasteiger partial charge on any atom is -0.321 e. The van der Waals surface area contributed by atoms with Gasteiger partial charge in [0.15, 0.2) is 0 Å². The second kappa shape index (κ2) is 7.66. The first-order valence-electron chi connectivity index (χ1n) is 8.83. The third kappa shape index (κ3) is 4.17. The van der Waals surface area contributed by atoms with Crippen LogP contribution in [0, 0.1) is 13.8 Å². The molecule has 5 nitrogen and oxygen atoms in total. The summed E-state index contributed by atoms with van der Waals surface area (Å²) < 4.78 is 0. The van der Waals surface area contributed by atoms with Crippen LogP contribution in [-0.4, -0.2) is 46.5 Å². The minimum atomic E-state index is -0.0144. The monoisotopic (exact) mass is 338 g/mol. The molecule has 132 valence electrons. The Kier molecular flexibility index (Phi) is 5.34. The highest BCUT2D eigenvalue weighted by Gasteiger charge is 2.34.